The fraction of sp³-hybridized carbons (Fsp3) is 0.333. The fourth-order valence-corrected chi connectivity index (χ4v) is 1.86. The second kappa shape index (κ2) is 4.98. The molecule has 0 aromatic carbocycles. The van der Waals surface area contributed by atoms with E-state index in [9.17, 15) is 8.42 Å². The lowest BCUT2D eigenvalue weighted by Crippen LogP contribution is -2.23. The Kier molecular flexibility index (Phi) is 3.91. The van der Waals surface area contributed by atoms with E-state index in [2.05, 4.69) is 16.0 Å². The van der Waals surface area contributed by atoms with Crippen molar-refractivity contribution in [3.05, 3.63) is 17.9 Å². The van der Waals surface area contributed by atoms with E-state index in [1.165, 1.54) is 6.07 Å². The van der Waals surface area contributed by atoms with Crippen LogP contribution in [0, 0.1) is 12.3 Å². The summed E-state index contributed by atoms with van der Waals surface area (Å²) in [6.45, 7) is 0.426. The summed E-state index contributed by atoms with van der Waals surface area (Å²) < 4.78 is 30.3. The summed E-state index contributed by atoms with van der Waals surface area (Å²) in [7, 11) is -1.86. The van der Waals surface area contributed by atoms with E-state index in [0.29, 0.717) is 12.3 Å². The molecule has 6 heteroatoms. The molecule has 1 aromatic rings. The molecule has 0 unspecified atom stereocenters. The maximum Gasteiger partial charge on any atom is 0.274 e. The standard InChI is InChI=1S/C9H12N2O3S/c1-3-6-11-15(12,13)9-5-4-8(14-9)7-10-2/h1,4-5,10-11H,6-7H2,2H3. The van der Waals surface area contributed by atoms with E-state index in [1.807, 2.05) is 0 Å². The third kappa shape index (κ3) is 3.09. The highest BCUT2D eigenvalue weighted by atomic mass is 32.2. The first-order valence-corrected chi connectivity index (χ1v) is 5.75. The molecule has 1 aromatic heterocycles. The predicted octanol–water partition coefficient (Wildman–Crippen LogP) is -0.0895. The van der Waals surface area contributed by atoms with Crippen LogP contribution in [0.25, 0.3) is 0 Å². The summed E-state index contributed by atoms with van der Waals surface area (Å²) in [5.41, 5.74) is 0. The molecular weight excluding hydrogens is 216 g/mol. The lowest BCUT2D eigenvalue weighted by Gasteiger charge is -1.99. The molecule has 0 amide bonds. The second-order valence-electron chi connectivity index (χ2n) is 2.78. The second-order valence-corrected chi connectivity index (χ2v) is 4.48. The van der Waals surface area contributed by atoms with Gasteiger partial charge in [-0.05, 0) is 19.2 Å². The van der Waals surface area contributed by atoms with E-state index < -0.39 is 10.0 Å². The van der Waals surface area contributed by atoms with Crippen molar-refractivity contribution in [2.45, 2.75) is 11.6 Å². The first-order valence-electron chi connectivity index (χ1n) is 4.26. The van der Waals surface area contributed by atoms with Crippen molar-refractivity contribution in [1.29, 1.82) is 0 Å². The van der Waals surface area contributed by atoms with Crippen LogP contribution in [0.15, 0.2) is 21.6 Å². The molecule has 0 fully saturated rings. The van der Waals surface area contributed by atoms with Crippen molar-refractivity contribution in [3.63, 3.8) is 0 Å². The van der Waals surface area contributed by atoms with E-state index in [1.54, 1.807) is 13.1 Å². The van der Waals surface area contributed by atoms with E-state index in [0.717, 1.165) is 0 Å². The highest BCUT2D eigenvalue weighted by molar-refractivity contribution is 7.89. The van der Waals surface area contributed by atoms with Gasteiger partial charge in [-0.25, -0.2) is 8.42 Å². The van der Waals surface area contributed by atoms with Gasteiger partial charge in [-0.2, -0.15) is 4.72 Å². The molecule has 0 aliphatic heterocycles. The molecule has 82 valence electrons. The van der Waals surface area contributed by atoms with Crippen LogP contribution in [-0.2, 0) is 16.6 Å². The summed E-state index contributed by atoms with van der Waals surface area (Å²) in [6, 6.07) is 2.99. The number of hydrogen-bond acceptors (Lipinski definition) is 4. The van der Waals surface area contributed by atoms with Crippen LogP contribution >= 0.6 is 0 Å². The van der Waals surface area contributed by atoms with Gasteiger partial charge < -0.3 is 9.73 Å². The fourth-order valence-electron chi connectivity index (χ4n) is 0.980. The number of terminal acetylenes is 1. The molecule has 0 atom stereocenters. The molecule has 0 bridgehead atoms. The van der Waals surface area contributed by atoms with Gasteiger partial charge in [0.1, 0.15) is 5.76 Å². The largest absolute Gasteiger partial charge is 0.447 e. The number of nitrogens with one attached hydrogen (secondary N) is 2. The summed E-state index contributed by atoms with van der Waals surface area (Å²) in [5, 5.41) is 2.73. The van der Waals surface area contributed by atoms with Crippen molar-refractivity contribution in [2.75, 3.05) is 13.6 Å². The monoisotopic (exact) mass is 228 g/mol. The Morgan fingerprint density at radius 1 is 1.53 bits per heavy atom. The average Bonchev–Trinajstić information content (AvgIpc) is 2.65. The molecule has 15 heavy (non-hydrogen) atoms. The van der Waals surface area contributed by atoms with Gasteiger partial charge in [-0.1, -0.05) is 5.92 Å². The molecular formula is C9H12N2O3S. The van der Waals surface area contributed by atoms with E-state index >= 15 is 0 Å². The Balaban J connectivity index is 2.82. The summed E-state index contributed by atoms with van der Waals surface area (Å²) >= 11 is 0. The Labute approximate surface area is 88.9 Å². The SMILES string of the molecule is C#CCNS(=O)(=O)c1ccc(CNC)o1. The van der Waals surface area contributed by atoms with Gasteiger partial charge in [0.25, 0.3) is 10.0 Å². The van der Waals surface area contributed by atoms with E-state index in [-0.39, 0.29) is 11.6 Å². The smallest absolute Gasteiger partial charge is 0.274 e. The van der Waals surface area contributed by atoms with Gasteiger partial charge >= 0.3 is 0 Å². The maximum absolute atomic E-state index is 11.5. The minimum Gasteiger partial charge on any atom is -0.447 e. The Bertz CT molecular complexity index is 456. The van der Waals surface area contributed by atoms with Crippen LogP contribution in [-0.4, -0.2) is 22.0 Å². The Morgan fingerprint density at radius 2 is 2.27 bits per heavy atom. The molecule has 2 N–H and O–H groups in total. The lowest BCUT2D eigenvalue weighted by molar-refractivity contribution is 0.405. The number of hydrogen-bond donors (Lipinski definition) is 2. The van der Waals surface area contributed by atoms with Crippen LogP contribution < -0.4 is 10.0 Å². The van der Waals surface area contributed by atoms with Crippen molar-refractivity contribution in [2.24, 2.45) is 0 Å². The van der Waals surface area contributed by atoms with Crippen LogP contribution in [0.5, 0.6) is 0 Å². The van der Waals surface area contributed by atoms with Crippen LogP contribution in [0.1, 0.15) is 5.76 Å². The highest BCUT2D eigenvalue weighted by Crippen LogP contribution is 2.13. The minimum absolute atomic E-state index is 0.0512. The van der Waals surface area contributed by atoms with Crippen LogP contribution in [0.3, 0.4) is 0 Å². The predicted molar refractivity (Wildman–Crippen MR) is 55.5 cm³/mol. The molecule has 0 aliphatic rings. The van der Waals surface area contributed by atoms with E-state index in [4.69, 9.17) is 10.8 Å². The number of furan rings is 1. The highest BCUT2D eigenvalue weighted by Gasteiger charge is 2.17. The zero-order chi connectivity index (χ0) is 11.3. The Morgan fingerprint density at radius 3 is 2.87 bits per heavy atom. The van der Waals surface area contributed by atoms with Crippen LogP contribution in [0.4, 0.5) is 0 Å². The van der Waals surface area contributed by atoms with Gasteiger partial charge in [0, 0.05) is 0 Å². The number of rotatable bonds is 5. The van der Waals surface area contributed by atoms with Gasteiger partial charge in [0.05, 0.1) is 13.1 Å². The van der Waals surface area contributed by atoms with Crippen molar-refractivity contribution < 1.29 is 12.8 Å². The molecule has 1 rings (SSSR count). The minimum atomic E-state index is -3.61. The third-order valence-electron chi connectivity index (χ3n) is 1.62. The van der Waals surface area contributed by atoms with Crippen LogP contribution in [0.2, 0.25) is 0 Å². The third-order valence-corrected chi connectivity index (χ3v) is 2.89. The molecule has 0 aliphatic carbocycles. The van der Waals surface area contributed by atoms with Gasteiger partial charge in [-0.3, -0.25) is 0 Å². The zero-order valence-corrected chi connectivity index (χ0v) is 9.10. The summed E-state index contributed by atoms with van der Waals surface area (Å²) in [6.07, 6.45) is 4.95. The topological polar surface area (TPSA) is 71.3 Å². The molecule has 1 heterocycles. The first kappa shape index (κ1) is 11.8. The van der Waals surface area contributed by atoms with Gasteiger partial charge in [-0.15, -0.1) is 6.42 Å². The van der Waals surface area contributed by atoms with Crippen molar-refractivity contribution in [3.8, 4) is 12.3 Å². The van der Waals surface area contributed by atoms with Crippen molar-refractivity contribution in [1.82, 2.24) is 10.0 Å². The molecule has 0 saturated heterocycles. The summed E-state index contributed by atoms with van der Waals surface area (Å²) in [5.74, 6) is 2.74. The van der Waals surface area contributed by atoms with Gasteiger partial charge in [0.15, 0.2) is 0 Å². The normalized spacial score (nSPS) is 11.2. The first-order chi connectivity index (χ1) is 7.10. The van der Waals surface area contributed by atoms with Crippen molar-refractivity contribution >= 4 is 10.0 Å². The molecule has 0 radical (unpaired) electrons. The average molecular weight is 228 g/mol. The lowest BCUT2D eigenvalue weighted by atomic mass is 10.4. The zero-order valence-electron chi connectivity index (χ0n) is 8.28. The molecule has 0 saturated carbocycles. The maximum atomic E-state index is 11.5. The molecule has 5 nitrogen and oxygen atoms in total. The molecule has 0 spiro atoms. The van der Waals surface area contributed by atoms with Gasteiger partial charge in [0.2, 0.25) is 5.09 Å². The summed E-state index contributed by atoms with van der Waals surface area (Å²) in [4.78, 5) is 0. The Hall–Kier alpha value is -1.29. The number of sulfonamides is 1. The quantitative estimate of drug-likeness (QED) is 0.691.